The third-order valence-corrected chi connectivity index (χ3v) is 5.33. The topological polar surface area (TPSA) is 95.5 Å². The molecule has 0 aromatic heterocycles. The maximum Gasteiger partial charge on any atom is 0.286 e. The van der Waals surface area contributed by atoms with E-state index in [2.05, 4.69) is 10.6 Å². The molecule has 0 saturated carbocycles. The van der Waals surface area contributed by atoms with Gasteiger partial charge in [0.1, 0.15) is 5.75 Å². The van der Waals surface area contributed by atoms with E-state index in [-0.39, 0.29) is 33.6 Å². The van der Waals surface area contributed by atoms with Gasteiger partial charge in [-0.25, -0.2) is 0 Å². The average Bonchev–Trinajstić information content (AvgIpc) is 2.95. The Morgan fingerprint density at radius 2 is 1.85 bits per heavy atom. The maximum absolute atomic E-state index is 12.1. The van der Waals surface area contributed by atoms with Crippen molar-refractivity contribution in [2.75, 3.05) is 6.54 Å². The number of amides is 3. The highest BCUT2D eigenvalue weighted by atomic mass is 35.5. The lowest BCUT2D eigenvalue weighted by Gasteiger charge is -2.09. The van der Waals surface area contributed by atoms with Crippen molar-refractivity contribution in [3.63, 3.8) is 0 Å². The second kappa shape index (κ2) is 8.45. The Balaban J connectivity index is 1.50. The molecule has 2 aromatic rings. The van der Waals surface area contributed by atoms with Gasteiger partial charge in [-0.05, 0) is 42.2 Å². The lowest BCUT2D eigenvalue weighted by Crippen LogP contribution is -2.26. The van der Waals surface area contributed by atoms with Crippen molar-refractivity contribution in [2.45, 2.75) is 18.1 Å². The normalized spacial score (nSPS) is 16.3. The molecule has 3 N–H and O–H groups in total. The zero-order valence-corrected chi connectivity index (χ0v) is 15.8. The summed E-state index contributed by atoms with van der Waals surface area (Å²) in [6.45, 7) is 0.402. The van der Waals surface area contributed by atoms with Crippen LogP contribution in [-0.4, -0.2) is 34.0 Å². The van der Waals surface area contributed by atoms with E-state index < -0.39 is 0 Å². The van der Waals surface area contributed by atoms with Gasteiger partial charge in [0.25, 0.3) is 11.1 Å². The van der Waals surface area contributed by atoms with Gasteiger partial charge >= 0.3 is 0 Å². The van der Waals surface area contributed by atoms with Gasteiger partial charge in [0.15, 0.2) is 0 Å². The number of phenolic OH excluding ortho intramolecular Hbond substituents is 1. The van der Waals surface area contributed by atoms with Crippen LogP contribution in [-0.2, 0) is 17.6 Å². The van der Waals surface area contributed by atoms with E-state index in [1.807, 2.05) is 24.3 Å². The molecule has 1 atom stereocenters. The molecule has 1 aliphatic heterocycles. The van der Waals surface area contributed by atoms with Crippen LogP contribution in [0.25, 0.3) is 0 Å². The van der Waals surface area contributed by atoms with Crippen molar-refractivity contribution in [2.24, 2.45) is 0 Å². The molecule has 0 unspecified atom stereocenters. The molecule has 8 heteroatoms. The quantitative estimate of drug-likeness (QED) is 0.688. The highest BCUT2D eigenvalue weighted by molar-refractivity contribution is 8.15. The van der Waals surface area contributed by atoms with Gasteiger partial charge in [0.2, 0.25) is 5.91 Å². The minimum absolute atomic E-state index is 0.117. The van der Waals surface area contributed by atoms with Gasteiger partial charge in [0, 0.05) is 11.6 Å². The molecule has 1 saturated heterocycles. The van der Waals surface area contributed by atoms with E-state index in [9.17, 15) is 19.5 Å². The van der Waals surface area contributed by atoms with Crippen molar-refractivity contribution in [3.05, 3.63) is 64.2 Å². The molecule has 3 rings (SSSR count). The Morgan fingerprint density at radius 3 is 2.52 bits per heavy atom. The first-order chi connectivity index (χ1) is 12.9. The number of carbonyl (C=O) groups excluding carboxylic acids is 3. The van der Waals surface area contributed by atoms with Crippen molar-refractivity contribution in [1.29, 1.82) is 0 Å². The van der Waals surface area contributed by atoms with Crippen LogP contribution in [0.5, 0.6) is 5.75 Å². The highest BCUT2D eigenvalue weighted by Gasteiger charge is 2.31. The standard InChI is InChI=1S/C19H17ClN2O4S/c20-13-5-6-15(23)14(10-13)17(24)21-8-7-11-1-3-12(4-2-11)9-16-18(25)22-19(26)27-16/h1-6,10,16,23H,7-9H2,(H,21,24)(H,22,25,26)/t16-/m0/s1. The SMILES string of the molecule is O=C1NC(=O)[C@H](Cc2ccc(CCNC(=O)c3cc(Cl)ccc3O)cc2)S1. The predicted molar refractivity (Wildman–Crippen MR) is 104 cm³/mol. The summed E-state index contributed by atoms with van der Waals surface area (Å²) in [5, 5.41) is 14.5. The van der Waals surface area contributed by atoms with Gasteiger partial charge < -0.3 is 10.4 Å². The van der Waals surface area contributed by atoms with E-state index in [0.29, 0.717) is 24.4 Å². The lowest BCUT2D eigenvalue weighted by molar-refractivity contribution is -0.118. The smallest absolute Gasteiger partial charge is 0.286 e. The number of nitrogens with one attached hydrogen (secondary N) is 2. The molecule has 1 aliphatic rings. The summed E-state index contributed by atoms with van der Waals surface area (Å²) in [7, 11) is 0. The molecule has 2 aromatic carbocycles. The fraction of sp³-hybridized carbons (Fsp3) is 0.211. The fourth-order valence-electron chi connectivity index (χ4n) is 2.69. The van der Waals surface area contributed by atoms with E-state index in [4.69, 9.17) is 11.6 Å². The van der Waals surface area contributed by atoms with Crippen molar-refractivity contribution < 1.29 is 19.5 Å². The second-order valence-corrected chi connectivity index (χ2v) is 7.68. The number of hydrogen-bond donors (Lipinski definition) is 3. The number of thioether (sulfide) groups is 1. The Kier molecular flexibility index (Phi) is 6.03. The van der Waals surface area contributed by atoms with Gasteiger partial charge in [-0.1, -0.05) is 47.6 Å². The number of aromatic hydroxyl groups is 1. The third-order valence-electron chi connectivity index (χ3n) is 4.11. The Hall–Kier alpha value is -2.51. The summed E-state index contributed by atoms with van der Waals surface area (Å²) in [4.78, 5) is 34.9. The van der Waals surface area contributed by atoms with Crippen LogP contribution in [0.2, 0.25) is 5.02 Å². The summed E-state index contributed by atoms with van der Waals surface area (Å²) < 4.78 is 0. The molecule has 0 radical (unpaired) electrons. The first-order valence-electron chi connectivity index (χ1n) is 8.28. The molecule has 1 fully saturated rings. The molecule has 3 amide bonds. The average molecular weight is 405 g/mol. The first kappa shape index (κ1) is 19.3. The summed E-state index contributed by atoms with van der Waals surface area (Å²) >= 11 is 6.86. The van der Waals surface area contributed by atoms with Crippen LogP contribution < -0.4 is 10.6 Å². The van der Waals surface area contributed by atoms with E-state index in [0.717, 1.165) is 22.9 Å². The van der Waals surface area contributed by atoms with Crippen molar-refractivity contribution in [1.82, 2.24) is 10.6 Å². The maximum atomic E-state index is 12.1. The van der Waals surface area contributed by atoms with Gasteiger partial charge in [-0.15, -0.1) is 0 Å². The zero-order valence-electron chi connectivity index (χ0n) is 14.2. The van der Waals surface area contributed by atoms with Crippen molar-refractivity contribution >= 4 is 40.4 Å². The molecule has 140 valence electrons. The first-order valence-corrected chi connectivity index (χ1v) is 9.54. The molecule has 0 spiro atoms. The van der Waals surface area contributed by atoms with Crippen LogP contribution in [0.15, 0.2) is 42.5 Å². The summed E-state index contributed by atoms with van der Waals surface area (Å²) in [6.07, 6.45) is 1.11. The molecular weight excluding hydrogens is 388 g/mol. The van der Waals surface area contributed by atoms with Crippen LogP contribution in [0, 0.1) is 0 Å². The van der Waals surface area contributed by atoms with Crippen LogP contribution in [0.3, 0.4) is 0 Å². The largest absolute Gasteiger partial charge is 0.507 e. The van der Waals surface area contributed by atoms with E-state index in [1.54, 1.807) is 0 Å². The number of hydrogen-bond acceptors (Lipinski definition) is 5. The number of benzene rings is 2. The second-order valence-electron chi connectivity index (χ2n) is 6.07. The fourth-order valence-corrected chi connectivity index (χ4v) is 3.72. The minimum Gasteiger partial charge on any atom is -0.507 e. The minimum atomic E-state index is -0.388. The van der Waals surface area contributed by atoms with Gasteiger partial charge in [-0.3, -0.25) is 19.7 Å². The third kappa shape index (κ3) is 5.02. The Bertz CT molecular complexity index is 886. The Labute approximate surface area is 165 Å². The van der Waals surface area contributed by atoms with Crippen LogP contribution >= 0.6 is 23.4 Å². The molecule has 6 nitrogen and oxygen atoms in total. The van der Waals surface area contributed by atoms with Gasteiger partial charge in [-0.2, -0.15) is 0 Å². The van der Waals surface area contributed by atoms with Crippen LogP contribution in [0.4, 0.5) is 4.79 Å². The number of carbonyl (C=O) groups is 3. The molecular formula is C19H17ClN2O4S. The van der Waals surface area contributed by atoms with Gasteiger partial charge in [0.05, 0.1) is 10.8 Å². The molecule has 0 aliphatic carbocycles. The summed E-state index contributed by atoms with van der Waals surface area (Å²) in [5.41, 5.74) is 2.13. The number of phenols is 1. The number of halogens is 1. The number of imide groups is 1. The summed E-state index contributed by atoms with van der Waals surface area (Å²) in [6, 6.07) is 12.0. The van der Waals surface area contributed by atoms with E-state index >= 15 is 0 Å². The Morgan fingerprint density at radius 1 is 1.15 bits per heavy atom. The lowest BCUT2D eigenvalue weighted by atomic mass is 10.1. The van der Waals surface area contributed by atoms with Crippen LogP contribution in [0.1, 0.15) is 21.5 Å². The van der Waals surface area contributed by atoms with Crippen molar-refractivity contribution in [3.8, 4) is 5.75 Å². The number of rotatable bonds is 6. The monoisotopic (exact) mass is 404 g/mol. The predicted octanol–water partition coefficient (Wildman–Crippen LogP) is 2.91. The molecule has 1 heterocycles. The zero-order chi connectivity index (χ0) is 19.4. The highest BCUT2D eigenvalue weighted by Crippen LogP contribution is 2.23. The molecule has 27 heavy (non-hydrogen) atoms. The van der Waals surface area contributed by atoms with E-state index in [1.165, 1.54) is 18.2 Å². The summed E-state index contributed by atoms with van der Waals surface area (Å²) in [5.74, 6) is -0.754. The molecule has 0 bridgehead atoms.